The van der Waals surface area contributed by atoms with Gasteiger partial charge in [-0.15, -0.1) is 0 Å². The topological polar surface area (TPSA) is 123 Å². The lowest BCUT2D eigenvalue weighted by atomic mass is 9.97. The molecule has 2 atom stereocenters. The Bertz CT molecular complexity index is 1270. The highest BCUT2D eigenvalue weighted by Gasteiger charge is 2.27. The van der Waals surface area contributed by atoms with Crippen LogP contribution in [0.25, 0.3) is 21.9 Å². The van der Waals surface area contributed by atoms with E-state index in [2.05, 4.69) is 25.9 Å². The van der Waals surface area contributed by atoms with E-state index in [0.717, 1.165) is 11.3 Å². The molecule has 9 nitrogen and oxygen atoms in total. The Morgan fingerprint density at radius 3 is 2.91 bits per heavy atom. The zero-order valence-electron chi connectivity index (χ0n) is 18.5. The van der Waals surface area contributed by atoms with Crippen LogP contribution in [0.15, 0.2) is 24.5 Å². The van der Waals surface area contributed by atoms with Crippen molar-refractivity contribution in [3.8, 4) is 17.0 Å². The number of hydrogen-bond acceptors (Lipinski definition) is 7. The molecule has 1 saturated heterocycles. The minimum atomic E-state index is -1.28. The third-order valence-electron chi connectivity index (χ3n) is 6.08. The second-order valence-corrected chi connectivity index (χ2v) is 8.28. The monoisotopic (exact) mass is 470 g/mol. The first-order valence-corrected chi connectivity index (χ1v) is 11.0. The molecule has 11 heteroatoms. The molecule has 4 heterocycles. The highest BCUT2D eigenvalue weighted by molar-refractivity contribution is 6.00. The number of benzene rings is 1. The Morgan fingerprint density at radius 1 is 1.24 bits per heavy atom. The van der Waals surface area contributed by atoms with Gasteiger partial charge in [0.1, 0.15) is 24.3 Å². The van der Waals surface area contributed by atoms with Gasteiger partial charge in [-0.05, 0) is 36.4 Å². The van der Waals surface area contributed by atoms with Crippen molar-refractivity contribution in [2.24, 2.45) is 0 Å². The van der Waals surface area contributed by atoms with Gasteiger partial charge in [-0.25, -0.2) is 23.5 Å². The van der Waals surface area contributed by atoms with Crippen LogP contribution in [0.3, 0.4) is 0 Å². The van der Waals surface area contributed by atoms with Gasteiger partial charge in [0.15, 0.2) is 5.82 Å². The standard InChI is InChI=1S/C23H24F2N6O3/c1-11-14(8-29-22-21(11)27-3-5-34-22)13-6-12-7-18(28-9-15(12)20(26)19(13)25)31-23(32)30-17-2-4-33-10-16(17)24/h6-9,16-17,27H,2-5,10,26H2,1H3,(H2,28,30,31,32)/t16-,17+/m1/s1. The van der Waals surface area contributed by atoms with Crippen LogP contribution in [0.4, 0.5) is 30.8 Å². The highest BCUT2D eigenvalue weighted by atomic mass is 19.1. The largest absolute Gasteiger partial charge is 0.474 e. The van der Waals surface area contributed by atoms with Crippen LogP contribution in [0.5, 0.6) is 5.88 Å². The molecule has 0 spiro atoms. The maximum absolute atomic E-state index is 15.3. The minimum absolute atomic E-state index is 0.0502. The summed E-state index contributed by atoms with van der Waals surface area (Å²) in [5.74, 6) is 0.117. The summed E-state index contributed by atoms with van der Waals surface area (Å²) in [4.78, 5) is 20.9. The number of amides is 2. The highest BCUT2D eigenvalue weighted by Crippen LogP contribution is 2.39. The number of nitrogens with one attached hydrogen (secondary N) is 3. The van der Waals surface area contributed by atoms with Gasteiger partial charge in [-0.3, -0.25) is 5.32 Å². The number of carbonyl (C=O) groups excluding carboxylic acids is 1. The Morgan fingerprint density at radius 2 is 2.09 bits per heavy atom. The van der Waals surface area contributed by atoms with Gasteiger partial charge in [-0.2, -0.15) is 0 Å². The Hall–Kier alpha value is -3.73. The number of aromatic nitrogens is 2. The summed E-state index contributed by atoms with van der Waals surface area (Å²) >= 11 is 0. The first-order valence-electron chi connectivity index (χ1n) is 11.0. The van der Waals surface area contributed by atoms with Crippen LogP contribution in [-0.2, 0) is 4.74 Å². The van der Waals surface area contributed by atoms with E-state index in [1.165, 1.54) is 6.20 Å². The number of fused-ring (bicyclic) bond motifs is 2. The van der Waals surface area contributed by atoms with Crippen molar-refractivity contribution in [3.05, 3.63) is 35.9 Å². The molecule has 2 aromatic heterocycles. The minimum Gasteiger partial charge on any atom is -0.474 e. The molecule has 1 aromatic carbocycles. The lowest BCUT2D eigenvalue weighted by Gasteiger charge is -2.26. The number of hydrogen-bond donors (Lipinski definition) is 4. The van der Waals surface area contributed by atoms with Crippen molar-refractivity contribution >= 4 is 34.0 Å². The van der Waals surface area contributed by atoms with E-state index < -0.39 is 24.1 Å². The number of alkyl halides is 1. The average molecular weight is 470 g/mol. The molecule has 2 amide bonds. The Labute approximate surface area is 194 Å². The van der Waals surface area contributed by atoms with E-state index in [1.54, 1.807) is 18.3 Å². The molecule has 1 fully saturated rings. The molecule has 0 aliphatic carbocycles. The number of nitrogen functional groups attached to an aromatic ring is 1. The Kier molecular flexibility index (Phi) is 5.78. The molecule has 5 rings (SSSR count). The van der Waals surface area contributed by atoms with Crippen LogP contribution in [0.2, 0.25) is 0 Å². The van der Waals surface area contributed by atoms with E-state index in [0.29, 0.717) is 48.4 Å². The van der Waals surface area contributed by atoms with Crippen molar-refractivity contribution < 1.29 is 23.0 Å². The predicted octanol–water partition coefficient (Wildman–Crippen LogP) is 3.38. The number of nitrogens with zero attached hydrogens (tertiary/aromatic N) is 2. The van der Waals surface area contributed by atoms with Crippen molar-refractivity contribution in [2.45, 2.75) is 25.6 Å². The third-order valence-corrected chi connectivity index (χ3v) is 6.08. The number of ether oxygens (including phenoxy) is 2. The van der Waals surface area contributed by atoms with Crippen LogP contribution >= 0.6 is 0 Å². The van der Waals surface area contributed by atoms with Crippen LogP contribution < -0.4 is 26.4 Å². The van der Waals surface area contributed by atoms with Crippen LogP contribution in [-0.4, -0.2) is 54.6 Å². The maximum atomic E-state index is 15.3. The van der Waals surface area contributed by atoms with Gasteiger partial charge in [0.2, 0.25) is 5.88 Å². The lowest BCUT2D eigenvalue weighted by molar-refractivity contribution is 0.0173. The van der Waals surface area contributed by atoms with Gasteiger partial charge in [-0.1, -0.05) is 0 Å². The number of urea groups is 1. The fourth-order valence-corrected chi connectivity index (χ4v) is 4.24. The zero-order valence-corrected chi connectivity index (χ0v) is 18.5. The molecule has 0 saturated carbocycles. The number of anilines is 3. The normalized spacial score (nSPS) is 19.6. The van der Waals surface area contributed by atoms with Gasteiger partial charge >= 0.3 is 6.03 Å². The first kappa shape index (κ1) is 22.1. The van der Waals surface area contributed by atoms with Gasteiger partial charge < -0.3 is 25.8 Å². The Balaban J connectivity index is 1.46. The maximum Gasteiger partial charge on any atom is 0.320 e. The van der Waals surface area contributed by atoms with Crippen molar-refractivity contribution in [2.75, 3.05) is 42.7 Å². The molecular weight excluding hydrogens is 446 g/mol. The summed E-state index contributed by atoms with van der Waals surface area (Å²) in [5.41, 5.74) is 8.39. The third kappa shape index (κ3) is 4.03. The zero-order chi connectivity index (χ0) is 23.8. The van der Waals surface area contributed by atoms with Crippen LogP contribution in [0.1, 0.15) is 12.0 Å². The molecule has 5 N–H and O–H groups in total. The van der Waals surface area contributed by atoms with E-state index in [4.69, 9.17) is 15.2 Å². The fraction of sp³-hybridized carbons (Fsp3) is 0.348. The van der Waals surface area contributed by atoms with Gasteiger partial charge in [0.25, 0.3) is 0 Å². The molecule has 2 aliphatic rings. The van der Waals surface area contributed by atoms with Crippen molar-refractivity contribution in [1.82, 2.24) is 15.3 Å². The summed E-state index contributed by atoms with van der Waals surface area (Å²) in [5, 5.41) is 9.43. The molecule has 0 bridgehead atoms. The van der Waals surface area contributed by atoms with Gasteiger partial charge in [0, 0.05) is 42.1 Å². The quantitative estimate of drug-likeness (QED) is 0.433. The average Bonchev–Trinajstić information content (AvgIpc) is 2.83. The van der Waals surface area contributed by atoms with Crippen molar-refractivity contribution in [1.29, 1.82) is 0 Å². The second-order valence-electron chi connectivity index (χ2n) is 8.28. The number of halogens is 2. The molecule has 2 aliphatic heterocycles. The lowest BCUT2D eigenvalue weighted by Crippen LogP contribution is -2.48. The summed E-state index contributed by atoms with van der Waals surface area (Å²) in [6.45, 7) is 3.32. The predicted molar refractivity (Wildman–Crippen MR) is 124 cm³/mol. The SMILES string of the molecule is Cc1c(-c2cc3cc(NC(=O)N[C@H]4CCOC[C@H]4F)ncc3c(N)c2F)cnc2c1NCCO2. The number of nitrogens with two attached hydrogens (primary N) is 1. The first-order chi connectivity index (χ1) is 16.4. The fourth-order valence-electron chi connectivity index (χ4n) is 4.24. The summed E-state index contributed by atoms with van der Waals surface area (Å²) in [6, 6.07) is 2.01. The molecule has 178 valence electrons. The molecule has 0 radical (unpaired) electrons. The second kappa shape index (κ2) is 8.90. The van der Waals surface area contributed by atoms with E-state index in [9.17, 15) is 9.18 Å². The summed E-state index contributed by atoms with van der Waals surface area (Å²) in [7, 11) is 0. The molecule has 3 aromatic rings. The smallest absolute Gasteiger partial charge is 0.320 e. The van der Waals surface area contributed by atoms with E-state index in [1.807, 2.05) is 6.92 Å². The molecule has 34 heavy (non-hydrogen) atoms. The van der Waals surface area contributed by atoms with Crippen LogP contribution in [0, 0.1) is 12.7 Å². The summed E-state index contributed by atoms with van der Waals surface area (Å²) < 4.78 is 39.8. The van der Waals surface area contributed by atoms with Crippen molar-refractivity contribution in [3.63, 3.8) is 0 Å². The molecular formula is C23H24F2N6O3. The van der Waals surface area contributed by atoms with Gasteiger partial charge in [0.05, 0.1) is 18.3 Å². The molecule has 0 unspecified atom stereocenters. The number of pyridine rings is 2. The number of carbonyl (C=O) groups is 1. The number of rotatable bonds is 3. The summed E-state index contributed by atoms with van der Waals surface area (Å²) in [6.07, 6.45) is 2.06. The van der Waals surface area contributed by atoms with E-state index >= 15 is 4.39 Å². The van der Waals surface area contributed by atoms with E-state index in [-0.39, 0.29) is 23.7 Å².